The topological polar surface area (TPSA) is 135 Å². The number of halogens is 1. The van der Waals surface area contributed by atoms with Crippen molar-refractivity contribution in [2.75, 3.05) is 5.73 Å². The lowest BCUT2D eigenvalue weighted by Gasteiger charge is -2.10. The highest BCUT2D eigenvalue weighted by Crippen LogP contribution is 2.35. The van der Waals surface area contributed by atoms with Crippen molar-refractivity contribution in [3.05, 3.63) is 28.7 Å². The first-order valence-corrected chi connectivity index (χ1v) is 8.66. The second-order valence-corrected chi connectivity index (χ2v) is 7.59. The zero-order chi connectivity index (χ0) is 15.3. The molecule has 0 saturated carbocycles. The van der Waals surface area contributed by atoms with Gasteiger partial charge in [-0.25, -0.2) is 0 Å². The molecule has 10 heteroatoms. The van der Waals surface area contributed by atoms with Crippen molar-refractivity contribution >= 4 is 52.6 Å². The smallest absolute Gasteiger partial charge is 0.295 e. The third kappa shape index (κ3) is 2.65. The van der Waals surface area contributed by atoms with Crippen LogP contribution in [0.5, 0.6) is 0 Å². The van der Waals surface area contributed by atoms with Crippen molar-refractivity contribution < 1.29 is 25.9 Å². The fourth-order valence-corrected chi connectivity index (χ4v) is 3.55. The van der Waals surface area contributed by atoms with Crippen LogP contribution in [-0.2, 0) is 20.2 Å². The Morgan fingerprint density at radius 1 is 0.950 bits per heavy atom. The molecule has 0 unspecified atom stereocenters. The van der Waals surface area contributed by atoms with Crippen LogP contribution in [-0.4, -0.2) is 25.9 Å². The molecule has 0 fully saturated rings. The summed E-state index contributed by atoms with van der Waals surface area (Å²) in [5.41, 5.74) is 5.93. The zero-order valence-corrected chi connectivity index (χ0v) is 12.8. The Bertz CT molecular complexity index is 920. The first-order valence-electron chi connectivity index (χ1n) is 4.98. The van der Waals surface area contributed by atoms with Crippen LogP contribution in [0.3, 0.4) is 0 Å². The van der Waals surface area contributed by atoms with E-state index in [-0.39, 0.29) is 20.9 Å². The zero-order valence-electron chi connectivity index (χ0n) is 9.61. The minimum atomic E-state index is -4.59. The van der Waals surface area contributed by atoms with E-state index in [0.29, 0.717) is 0 Å². The quantitative estimate of drug-likeness (QED) is 0.531. The number of rotatable bonds is 2. The highest BCUT2D eigenvalue weighted by molar-refractivity contribution is 9.10. The summed E-state index contributed by atoms with van der Waals surface area (Å²) in [7, 11) is -9.10. The van der Waals surface area contributed by atoms with Crippen molar-refractivity contribution in [1.82, 2.24) is 0 Å². The van der Waals surface area contributed by atoms with E-state index >= 15 is 0 Å². The van der Waals surface area contributed by atoms with Gasteiger partial charge in [-0.15, -0.1) is 0 Å². The number of hydrogen-bond acceptors (Lipinski definition) is 5. The third-order valence-corrected chi connectivity index (χ3v) is 5.04. The molecular weight excluding hydrogens is 374 g/mol. The summed E-state index contributed by atoms with van der Waals surface area (Å²) in [6.07, 6.45) is 0. The number of anilines is 1. The Hall–Kier alpha value is -1.20. The van der Waals surface area contributed by atoms with Gasteiger partial charge in [0.15, 0.2) is 0 Å². The second kappa shape index (κ2) is 4.67. The van der Waals surface area contributed by atoms with Gasteiger partial charge in [-0.05, 0) is 34.1 Å². The lowest BCUT2D eigenvalue weighted by Crippen LogP contribution is -2.03. The molecule has 0 saturated heterocycles. The van der Waals surface area contributed by atoms with Crippen molar-refractivity contribution in [2.45, 2.75) is 9.79 Å². The van der Waals surface area contributed by atoms with Crippen LogP contribution in [0.4, 0.5) is 5.69 Å². The lowest BCUT2D eigenvalue weighted by molar-refractivity contribution is 0.480. The van der Waals surface area contributed by atoms with Crippen LogP contribution >= 0.6 is 15.9 Å². The van der Waals surface area contributed by atoms with E-state index < -0.39 is 30.0 Å². The maximum Gasteiger partial charge on any atom is 0.295 e. The summed E-state index contributed by atoms with van der Waals surface area (Å²) >= 11 is 3.05. The molecule has 20 heavy (non-hydrogen) atoms. The van der Waals surface area contributed by atoms with Crippen LogP contribution in [0.15, 0.2) is 38.5 Å². The van der Waals surface area contributed by atoms with Crippen molar-refractivity contribution in [2.24, 2.45) is 0 Å². The first-order chi connectivity index (χ1) is 9.01. The van der Waals surface area contributed by atoms with Crippen molar-refractivity contribution in [3.8, 4) is 0 Å². The molecule has 0 aliphatic carbocycles. The molecular formula is C10H8BrNO6S2. The molecule has 2 aromatic carbocycles. The molecule has 108 valence electrons. The normalized spacial score (nSPS) is 12.8. The predicted octanol–water partition coefficient (Wildman–Crippen LogP) is 1.68. The average molecular weight is 382 g/mol. The number of nitrogens with two attached hydrogens (primary N) is 1. The van der Waals surface area contributed by atoms with E-state index in [1.54, 1.807) is 0 Å². The molecule has 0 bridgehead atoms. The van der Waals surface area contributed by atoms with Gasteiger partial charge < -0.3 is 5.73 Å². The molecule has 0 spiro atoms. The van der Waals surface area contributed by atoms with Gasteiger partial charge in [0.25, 0.3) is 20.2 Å². The van der Waals surface area contributed by atoms with E-state index in [1.807, 2.05) is 0 Å². The maximum atomic E-state index is 11.4. The number of nitrogen functional groups attached to an aromatic ring is 1. The summed E-state index contributed by atoms with van der Waals surface area (Å²) in [5, 5.41) is 0.114. The summed E-state index contributed by atoms with van der Waals surface area (Å²) in [4.78, 5) is -1.02. The van der Waals surface area contributed by atoms with Gasteiger partial charge in [0, 0.05) is 15.2 Å². The van der Waals surface area contributed by atoms with Crippen LogP contribution in [0, 0.1) is 0 Å². The molecule has 4 N–H and O–H groups in total. The Morgan fingerprint density at radius 3 is 2.05 bits per heavy atom. The monoisotopic (exact) mass is 381 g/mol. The van der Waals surface area contributed by atoms with E-state index in [0.717, 1.165) is 18.2 Å². The fraction of sp³-hybridized carbons (Fsp3) is 0. The Balaban J connectivity index is 3.04. The molecule has 0 radical (unpaired) electrons. The fourth-order valence-electron chi connectivity index (χ4n) is 1.74. The number of hydrogen-bond donors (Lipinski definition) is 3. The van der Waals surface area contributed by atoms with Crippen LogP contribution in [0.1, 0.15) is 0 Å². The van der Waals surface area contributed by atoms with E-state index in [9.17, 15) is 21.4 Å². The van der Waals surface area contributed by atoms with Crippen LogP contribution < -0.4 is 5.73 Å². The standard InChI is InChI=1S/C10H8BrNO6S2/c11-8-4-9(20(16,17)18)7-3-5(19(13,14)15)1-2-6(7)10(8)12/h1-4H,12H2,(H,13,14,15)(H,16,17,18). The van der Waals surface area contributed by atoms with Crippen LogP contribution in [0.2, 0.25) is 0 Å². The third-order valence-electron chi connectivity index (χ3n) is 2.64. The highest BCUT2D eigenvalue weighted by Gasteiger charge is 2.20. The van der Waals surface area contributed by atoms with Gasteiger partial charge in [-0.1, -0.05) is 6.07 Å². The van der Waals surface area contributed by atoms with Gasteiger partial charge >= 0.3 is 0 Å². The first kappa shape index (κ1) is 15.2. The van der Waals surface area contributed by atoms with Crippen molar-refractivity contribution in [3.63, 3.8) is 0 Å². The van der Waals surface area contributed by atoms with Gasteiger partial charge in [0.1, 0.15) is 4.90 Å². The number of benzene rings is 2. The average Bonchev–Trinajstić information content (AvgIpc) is 2.30. The molecule has 0 aliphatic rings. The van der Waals surface area contributed by atoms with E-state index in [1.165, 1.54) is 6.07 Å². The largest absolute Gasteiger partial charge is 0.397 e. The van der Waals surface area contributed by atoms with E-state index in [2.05, 4.69) is 15.9 Å². The molecule has 0 aliphatic heterocycles. The second-order valence-electron chi connectivity index (χ2n) is 3.93. The number of fused-ring (bicyclic) bond motifs is 1. The summed E-state index contributed by atoms with van der Waals surface area (Å²) in [5.74, 6) is 0. The predicted molar refractivity (Wildman–Crippen MR) is 75.7 cm³/mol. The van der Waals surface area contributed by atoms with E-state index in [4.69, 9.17) is 10.3 Å². The minimum Gasteiger partial charge on any atom is -0.397 e. The molecule has 2 rings (SSSR count). The Morgan fingerprint density at radius 2 is 1.55 bits per heavy atom. The molecule has 0 atom stereocenters. The highest BCUT2D eigenvalue weighted by atomic mass is 79.9. The SMILES string of the molecule is Nc1c(Br)cc(S(=O)(=O)O)c2cc(S(=O)(=O)O)ccc12. The molecule has 7 nitrogen and oxygen atoms in total. The summed E-state index contributed by atoms with van der Waals surface area (Å²) in [6.45, 7) is 0. The maximum absolute atomic E-state index is 11.4. The van der Waals surface area contributed by atoms with Gasteiger partial charge in [0.2, 0.25) is 0 Å². The molecule has 0 amide bonds. The molecule has 0 heterocycles. The Labute approximate surface area is 123 Å². The van der Waals surface area contributed by atoms with Gasteiger partial charge in [-0.2, -0.15) is 16.8 Å². The summed E-state index contributed by atoms with van der Waals surface area (Å²) in [6, 6.07) is 4.30. The molecule has 0 aromatic heterocycles. The van der Waals surface area contributed by atoms with Gasteiger partial charge in [0.05, 0.1) is 10.6 Å². The molecule has 2 aromatic rings. The Kier molecular flexibility index (Phi) is 3.55. The lowest BCUT2D eigenvalue weighted by atomic mass is 10.1. The van der Waals surface area contributed by atoms with Crippen molar-refractivity contribution in [1.29, 1.82) is 0 Å². The van der Waals surface area contributed by atoms with Crippen LogP contribution in [0.25, 0.3) is 10.8 Å². The van der Waals surface area contributed by atoms with Gasteiger partial charge in [-0.3, -0.25) is 9.11 Å². The minimum absolute atomic E-state index is 0.108. The summed E-state index contributed by atoms with van der Waals surface area (Å²) < 4.78 is 63.3.